The molecule has 1 fully saturated rings. The molecule has 0 radical (unpaired) electrons. The van der Waals surface area contributed by atoms with Gasteiger partial charge < -0.3 is 14.2 Å². The Morgan fingerprint density at radius 3 is 2.40 bits per heavy atom. The van der Waals surface area contributed by atoms with Gasteiger partial charge in [0.15, 0.2) is 11.6 Å². The maximum absolute atomic E-state index is 13.4. The van der Waals surface area contributed by atoms with Crippen molar-refractivity contribution in [3.8, 4) is 23.0 Å². The standard InChI is InChI=1S/C35H36ClN5O2/c1-23-5-7-25(8-6-23)34-37-31-13-14-40(4)33(31)35(38-34)43-29-11-12-30(36)28(20-29)21-32(42)26-9-10-27(24(2)19-26)22-41-17-15-39(3)16-18-41/h5-14,19-20H,15-18,21-22H2,1-4H3. The van der Waals surface area contributed by atoms with E-state index in [-0.39, 0.29) is 12.2 Å². The smallest absolute Gasteiger partial charge is 0.247 e. The summed E-state index contributed by atoms with van der Waals surface area (Å²) in [5.41, 5.74) is 7.44. The quantitative estimate of drug-likeness (QED) is 0.183. The molecule has 6 rings (SSSR count). The zero-order valence-electron chi connectivity index (χ0n) is 25.1. The van der Waals surface area contributed by atoms with Gasteiger partial charge in [-0.1, -0.05) is 53.6 Å². The Hall–Kier alpha value is -4.04. The number of nitrogens with zero attached hydrogens (tertiary/aromatic N) is 5. The average molecular weight is 594 g/mol. The Morgan fingerprint density at radius 1 is 0.884 bits per heavy atom. The van der Waals surface area contributed by atoms with Crippen LogP contribution in [0.4, 0.5) is 0 Å². The fraction of sp³-hybridized carbons (Fsp3) is 0.286. The largest absolute Gasteiger partial charge is 0.437 e. The topological polar surface area (TPSA) is 63.5 Å². The maximum Gasteiger partial charge on any atom is 0.247 e. The Kier molecular flexibility index (Phi) is 8.30. The van der Waals surface area contributed by atoms with E-state index in [9.17, 15) is 4.79 Å². The number of halogens is 1. The first-order valence-corrected chi connectivity index (χ1v) is 15.0. The molecule has 1 aliphatic heterocycles. The second-order valence-electron chi connectivity index (χ2n) is 11.6. The first-order valence-electron chi connectivity index (χ1n) is 14.6. The number of carbonyl (C=O) groups is 1. The Morgan fingerprint density at radius 2 is 1.65 bits per heavy atom. The van der Waals surface area contributed by atoms with Crippen molar-refractivity contribution in [2.75, 3.05) is 33.2 Å². The number of hydrogen-bond donors (Lipinski definition) is 0. The highest BCUT2D eigenvalue weighted by atomic mass is 35.5. The van der Waals surface area contributed by atoms with Crippen LogP contribution in [0.5, 0.6) is 11.6 Å². The van der Waals surface area contributed by atoms with Gasteiger partial charge in [-0.25, -0.2) is 4.98 Å². The zero-order chi connectivity index (χ0) is 30.1. The summed E-state index contributed by atoms with van der Waals surface area (Å²) in [7, 11) is 4.10. The van der Waals surface area contributed by atoms with Gasteiger partial charge in [0.2, 0.25) is 5.88 Å². The number of ether oxygens (including phenoxy) is 1. The maximum atomic E-state index is 13.4. The molecule has 5 aromatic rings. The number of hydrogen-bond acceptors (Lipinski definition) is 6. The van der Waals surface area contributed by atoms with Crippen LogP contribution in [0.1, 0.15) is 32.6 Å². The number of Topliss-reactive ketones (excluding diaryl/α,β-unsaturated/α-hetero) is 1. The summed E-state index contributed by atoms with van der Waals surface area (Å²) in [6, 6.07) is 21.5. The van der Waals surface area contributed by atoms with Gasteiger partial charge in [-0.3, -0.25) is 9.69 Å². The first-order chi connectivity index (χ1) is 20.7. The number of fused-ring (bicyclic) bond motifs is 1. The number of carbonyl (C=O) groups excluding carboxylic acids is 1. The van der Waals surface area contributed by atoms with E-state index in [0.29, 0.717) is 33.6 Å². The molecule has 2 aromatic heterocycles. The molecule has 7 nitrogen and oxygen atoms in total. The summed E-state index contributed by atoms with van der Waals surface area (Å²) < 4.78 is 8.31. The summed E-state index contributed by atoms with van der Waals surface area (Å²) in [5.74, 6) is 1.60. The third-order valence-electron chi connectivity index (χ3n) is 8.23. The lowest BCUT2D eigenvalue weighted by Gasteiger charge is -2.32. The molecule has 0 amide bonds. The predicted molar refractivity (Wildman–Crippen MR) is 172 cm³/mol. The van der Waals surface area contributed by atoms with Crippen LogP contribution in [0.3, 0.4) is 0 Å². The Bertz CT molecular complexity index is 1790. The van der Waals surface area contributed by atoms with E-state index < -0.39 is 0 Å². The molecular weight excluding hydrogens is 558 g/mol. The van der Waals surface area contributed by atoms with Crippen molar-refractivity contribution in [1.82, 2.24) is 24.3 Å². The number of rotatable bonds is 8. The van der Waals surface area contributed by atoms with Crippen LogP contribution in [-0.4, -0.2) is 63.3 Å². The van der Waals surface area contributed by atoms with Crippen molar-refractivity contribution in [3.05, 3.63) is 106 Å². The van der Waals surface area contributed by atoms with E-state index in [1.807, 2.05) is 73.3 Å². The number of ketones is 1. The minimum absolute atomic E-state index is 0.0156. The highest BCUT2D eigenvalue weighted by Crippen LogP contribution is 2.33. The number of benzene rings is 3. The molecule has 0 spiro atoms. The van der Waals surface area contributed by atoms with Crippen molar-refractivity contribution >= 4 is 28.4 Å². The number of aromatic nitrogens is 3. The third kappa shape index (κ3) is 6.49. The number of piperazine rings is 1. The molecule has 0 bridgehead atoms. The molecule has 1 saturated heterocycles. The molecule has 1 aliphatic rings. The van der Waals surface area contributed by atoms with Crippen LogP contribution < -0.4 is 4.74 Å². The van der Waals surface area contributed by atoms with Gasteiger partial charge in [0, 0.05) is 68.5 Å². The SMILES string of the molecule is Cc1ccc(-c2nc(Oc3ccc(Cl)c(CC(=O)c4ccc(CN5CCN(C)CC5)c(C)c4)c3)c3c(ccn3C)n2)cc1. The van der Waals surface area contributed by atoms with E-state index >= 15 is 0 Å². The van der Waals surface area contributed by atoms with Gasteiger partial charge >= 0.3 is 0 Å². The van der Waals surface area contributed by atoms with Crippen LogP contribution >= 0.6 is 11.6 Å². The second kappa shape index (κ2) is 12.3. The predicted octanol–water partition coefficient (Wildman–Crippen LogP) is 6.87. The average Bonchev–Trinajstić information content (AvgIpc) is 3.38. The van der Waals surface area contributed by atoms with Gasteiger partial charge in [0.25, 0.3) is 0 Å². The number of aryl methyl sites for hydroxylation is 3. The van der Waals surface area contributed by atoms with E-state index in [0.717, 1.165) is 54.9 Å². The van der Waals surface area contributed by atoms with Gasteiger partial charge in [0.1, 0.15) is 11.3 Å². The van der Waals surface area contributed by atoms with Gasteiger partial charge in [-0.05, 0) is 67.9 Å². The van der Waals surface area contributed by atoms with Gasteiger partial charge in [-0.15, -0.1) is 0 Å². The lowest BCUT2D eigenvalue weighted by Crippen LogP contribution is -2.43. The minimum atomic E-state index is 0.0156. The molecule has 3 aromatic carbocycles. The van der Waals surface area contributed by atoms with E-state index in [4.69, 9.17) is 26.3 Å². The van der Waals surface area contributed by atoms with Gasteiger partial charge in [0.05, 0.1) is 5.52 Å². The van der Waals surface area contributed by atoms with Crippen molar-refractivity contribution < 1.29 is 9.53 Å². The third-order valence-corrected chi connectivity index (χ3v) is 8.60. The Balaban J connectivity index is 1.22. The fourth-order valence-electron chi connectivity index (χ4n) is 5.49. The summed E-state index contributed by atoms with van der Waals surface area (Å²) in [6.07, 6.45) is 2.11. The molecule has 8 heteroatoms. The van der Waals surface area contributed by atoms with Crippen molar-refractivity contribution in [3.63, 3.8) is 0 Å². The monoisotopic (exact) mass is 593 g/mol. The molecule has 0 unspecified atom stereocenters. The van der Waals surface area contributed by atoms with Crippen molar-refractivity contribution in [2.45, 2.75) is 26.8 Å². The minimum Gasteiger partial charge on any atom is -0.437 e. The summed E-state index contributed by atoms with van der Waals surface area (Å²) in [5, 5.41) is 0.524. The number of likely N-dealkylation sites (N-methyl/N-ethyl adjacent to an activating group) is 1. The van der Waals surface area contributed by atoms with Crippen LogP contribution in [0.15, 0.2) is 72.9 Å². The second-order valence-corrected chi connectivity index (χ2v) is 12.0. The highest BCUT2D eigenvalue weighted by molar-refractivity contribution is 6.31. The van der Waals surface area contributed by atoms with E-state index in [1.54, 1.807) is 12.1 Å². The molecule has 0 saturated carbocycles. The molecule has 0 aliphatic carbocycles. The van der Waals surface area contributed by atoms with Crippen molar-refractivity contribution in [2.24, 2.45) is 7.05 Å². The van der Waals surface area contributed by atoms with E-state index in [1.165, 1.54) is 11.1 Å². The molecule has 0 N–H and O–H groups in total. The van der Waals surface area contributed by atoms with Crippen LogP contribution in [0, 0.1) is 13.8 Å². The Labute approximate surface area is 257 Å². The normalized spacial score (nSPS) is 14.3. The fourth-order valence-corrected chi connectivity index (χ4v) is 5.67. The lowest BCUT2D eigenvalue weighted by molar-refractivity contribution is 0.0993. The van der Waals surface area contributed by atoms with Gasteiger partial charge in [-0.2, -0.15) is 4.98 Å². The zero-order valence-corrected chi connectivity index (χ0v) is 25.9. The molecule has 0 atom stereocenters. The highest BCUT2D eigenvalue weighted by Gasteiger charge is 2.18. The molecule has 43 heavy (non-hydrogen) atoms. The lowest BCUT2D eigenvalue weighted by atomic mass is 9.98. The van der Waals surface area contributed by atoms with Crippen LogP contribution in [0.25, 0.3) is 22.4 Å². The summed E-state index contributed by atoms with van der Waals surface area (Å²) in [6.45, 7) is 9.33. The first kappa shape index (κ1) is 29.1. The summed E-state index contributed by atoms with van der Waals surface area (Å²) in [4.78, 5) is 27.8. The van der Waals surface area contributed by atoms with Crippen LogP contribution in [-0.2, 0) is 20.0 Å². The molecule has 3 heterocycles. The molecular formula is C35H36ClN5O2. The molecule has 220 valence electrons. The van der Waals surface area contributed by atoms with E-state index in [2.05, 4.69) is 29.8 Å². The van der Waals surface area contributed by atoms with Crippen LogP contribution in [0.2, 0.25) is 5.02 Å². The summed E-state index contributed by atoms with van der Waals surface area (Å²) >= 11 is 6.58. The van der Waals surface area contributed by atoms with Crippen molar-refractivity contribution in [1.29, 1.82) is 0 Å².